The van der Waals surface area contributed by atoms with Crippen molar-refractivity contribution in [1.82, 2.24) is 9.97 Å². The molecule has 1 aromatic rings. The van der Waals surface area contributed by atoms with Gasteiger partial charge in [0.05, 0.1) is 5.60 Å². The molecule has 5 heteroatoms. The number of hydrogen-bond donors (Lipinski definition) is 1. The lowest BCUT2D eigenvalue weighted by molar-refractivity contribution is 0.0558. The summed E-state index contributed by atoms with van der Waals surface area (Å²) in [7, 11) is 1.88. The number of likely N-dealkylation sites (N-methyl/N-ethyl adjacent to an activating group) is 1. The smallest absolute Gasteiger partial charge is 0.171 e. The van der Waals surface area contributed by atoms with Crippen molar-refractivity contribution in [3.05, 3.63) is 17.5 Å². The van der Waals surface area contributed by atoms with Gasteiger partial charge in [0.2, 0.25) is 0 Å². The summed E-state index contributed by atoms with van der Waals surface area (Å²) in [6.45, 7) is 0.561. The number of aliphatic hydroxyl groups is 1. The van der Waals surface area contributed by atoms with Gasteiger partial charge in [0.25, 0.3) is 0 Å². The summed E-state index contributed by atoms with van der Waals surface area (Å²) in [4.78, 5) is 10.0. The standard InChI is InChI=1S/C11H16ClN3O/c1-15(8-11(16)4-2-3-5-11)10-9(12)13-6-7-14-10/h6-7,16H,2-5,8H2,1H3. The highest BCUT2D eigenvalue weighted by Gasteiger charge is 2.32. The molecule has 0 atom stereocenters. The van der Waals surface area contributed by atoms with Gasteiger partial charge in [-0.1, -0.05) is 24.4 Å². The Morgan fingerprint density at radius 1 is 1.38 bits per heavy atom. The Labute approximate surface area is 100 Å². The minimum absolute atomic E-state index is 0.381. The number of rotatable bonds is 3. The van der Waals surface area contributed by atoms with Crippen LogP contribution in [0.4, 0.5) is 5.82 Å². The maximum atomic E-state index is 10.3. The number of aromatic nitrogens is 2. The molecule has 16 heavy (non-hydrogen) atoms. The molecule has 1 N–H and O–H groups in total. The summed E-state index contributed by atoms with van der Waals surface area (Å²) in [5.41, 5.74) is -0.588. The van der Waals surface area contributed by atoms with E-state index in [1.54, 1.807) is 12.4 Å². The topological polar surface area (TPSA) is 49.2 Å². The van der Waals surface area contributed by atoms with E-state index < -0.39 is 5.60 Å². The number of hydrogen-bond acceptors (Lipinski definition) is 4. The predicted octanol–water partition coefficient (Wildman–Crippen LogP) is 1.87. The summed E-state index contributed by atoms with van der Waals surface area (Å²) < 4.78 is 0. The molecule has 0 saturated heterocycles. The summed E-state index contributed by atoms with van der Waals surface area (Å²) >= 11 is 5.95. The monoisotopic (exact) mass is 241 g/mol. The van der Waals surface area contributed by atoms with Crippen LogP contribution in [0.1, 0.15) is 25.7 Å². The third kappa shape index (κ3) is 2.44. The first-order chi connectivity index (χ1) is 7.61. The van der Waals surface area contributed by atoms with Gasteiger partial charge < -0.3 is 10.0 Å². The average Bonchev–Trinajstić information content (AvgIpc) is 2.65. The van der Waals surface area contributed by atoms with Crippen LogP contribution >= 0.6 is 11.6 Å². The largest absolute Gasteiger partial charge is 0.388 e. The van der Waals surface area contributed by atoms with Crippen molar-refractivity contribution >= 4 is 17.4 Å². The minimum Gasteiger partial charge on any atom is -0.388 e. The second-order valence-electron chi connectivity index (χ2n) is 4.46. The van der Waals surface area contributed by atoms with Gasteiger partial charge in [-0.2, -0.15) is 0 Å². The van der Waals surface area contributed by atoms with E-state index in [4.69, 9.17) is 11.6 Å². The van der Waals surface area contributed by atoms with Gasteiger partial charge in [-0.25, -0.2) is 9.97 Å². The molecule has 0 spiro atoms. The highest BCUT2D eigenvalue weighted by atomic mass is 35.5. The predicted molar refractivity (Wildman–Crippen MR) is 63.7 cm³/mol. The van der Waals surface area contributed by atoms with Crippen molar-refractivity contribution in [3.8, 4) is 0 Å². The molecule has 0 amide bonds. The molecule has 0 radical (unpaired) electrons. The SMILES string of the molecule is CN(CC1(O)CCCC1)c1nccnc1Cl. The zero-order valence-corrected chi connectivity index (χ0v) is 10.1. The van der Waals surface area contributed by atoms with Gasteiger partial charge in [-0.3, -0.25) is 0 Å². The number of halogens is 1. The van der Waals surface area contributed by atoms with Crippen LogP contribution in [0.5, 0.6) is 0 Å². The zero-order chi connectivity index (χ0) is 11.6. The third-order valence-corrected chi connectivity index (χ3v) is 3.33. The van der Waals surface area contributed by atoms with Crippen LogP contribution in [0, 0.1) is 0 Å². The van der Waals surface area contributed by atoms with Crippen molar-refractivity contribution in [2.45, 2.75) is 31.3 Å². The minimum atomic E-state index is -0.588. The van der Waals surface area contributed by atoms with Gasteiger partial charge in [-0.15, -0.1) is 0 Å². The molecule has 0 unspecified atom stereocenters. The molecule has 1 aliphatic rings. The summed E-state index contributed by atoms with van der Waals surface area (Å²) in [6.07, 6.45) is 7.07. The van der Waals surface area contributed by atoms with Crippen molar-refractivity contribution in [2.75, 3.05) is 18.5 Å². The Bertz CT molecular complexity index is 366. The summed E-state index contributed by atoms with van der Waals surface area (Å²) in [5, 5.41) is 10.7. The highest BCUT2D eigenvalue weighted by molar-refractivity contribution is 6.31. The van der Waals surface area contributed by atoms with Gasteiger partial charge in [0.15, 0.2) is 11.0 Å². The lowest BCUT2D eigenvalue weighted by Crippen LogP contribution is -2.39. The van der Waals surface area contributed by atoms with Crippen molar-refractivity contribution in [2.24, 2.45) is 0 Å². The lowest BCUT2D eigenvalue weighted by atomic mass is 10.0. The lowest BCUT2D eigenvalue weighted by Gasteiger charge is -2.29. The molecule has 1 heterocycles. The van der Waals surface area contributed by atoms with E-state index in [9.17, 15) is 5.11 Å². The van der Waals surface area contributed by atoms with Crippen LogP contribution in [0.3, 0.4) is 0 Å². The molecule has 2 rings (SSSR count). The third-order valence-electron chi connectivity index (χ3n) is 3.06. The van der Waals surface area contributed by atoms with E-state index >= 15 is 0 Å². The molecule has 0 bridgehead atoms. The van der Waals surface area contributed by atoms with Gasteiger partial charge in [0, 0.05) is 26.0 Å². The normalized spacial score (nSPS) is 18.7. The molecule has 0 aromatic carbocycles. The van der Waals surface area contributed by atoms with E-state index in [0.717, 1.165) is 25.7 Å². The van der Waals surface area contributed by atoms with Crippen LogP contribution in [0.15, 0.2) is 12.4 Å². The van der Waals surface area contributed by atoms with E-state index in [2.05, 4.69) is 9.97 Å². The van der Waals surface area contributed by atoms with Crippen molar-refractivity contribution in [3.63, 3.8) is 0 Å². The molecular formula is C11H16ClN3O. The quantitative estimate of drug-likeness (QED) is 0.878. The van der Waals surface area contributed by atoms with Crippen LogP contribution in [0.25, 0.3) is 0 Å². The van der Waals surface area contributed by atoms with E-state index in [1.165, 1.54) is 0 Å². The van der Waals surface area contributed by atoms with Crippen LogP contribution < -0.4 is 4.90 Å². The van der Waals surface area contributed by atoms with Crippen molar-refractivity contribution < 1.29 is 5.11 Å². The summed E-state index contributed by atoms with van der Waals surface area (Å²) in [5.74, 6) is 0.629. The maximum Gasteiger partial charge on any atom is 0.171 e. The first kappa shape index (κ1) is 11.6. The van der Waals surface area contributed by atoms with Crippen LogP contribution in [-0.4, -0.2) is 34.3 Å². The molecule has 1 fully saturated rings. The Kier molecular flexibility index (Phi) is 3.30. The Morgan fingerprint density at radius 3 is 2.62 bits per heavy atom. The van der Waals surface area contributed by atoms with Crippen molar-refractivity contribution in [1.29, 1.82) is 0 Å². The fourth-order valence-corrected chi connectivity index (χ4v) is 2.53. The molecule has 1 aliphatic carbocycles. The first-order valence-electron chi connectivity index (χ1n) is 5.51. The van der Waals surface area contributed by atoms with Crippen LogP contribution in [-0.2, 0) is 0 Å². The second kappa shape index (κ2) is 4.55. The fourth-order valence-electron chi connectivity index (χ4n) is 2.28. The maximum absolute atomic E-state index is 10.3. The zero-order valence-electron chi connectivity index (χ0n) is 9.36. The van der Waals surface area contributed by atoms with E-state index in [0.29, 0.717) is 17.5 Å². The number of anilines is 1. The molecule has 4 nitrogen and oxygen atoms in total. The highest BCUT2D eigenvalue weighted by Crippen LogP contribution is 2.31. The van der Waals surface area contributed by atoms with Gasteiger partial charge in [-0.05, 0) is 12.8 Å². The Balaban J connectivity index is 2.08. The molecule has 0 aliphatic heterocycles. The van der Waals surface area contributed by atoms with E-state index in [-0.39, 0.29) is 0 Å². The molecule has 1 saturated carbocycles. The molecule has 88 valence electrons. The average molecular weight is 242 g/mol. The van der Waals surface area contributed by atoms with Crippen LogP contribution in [0.2, 0.25) is 5.15 Å². The number of nitrogens with zero attached hydrogens (tertiary/aromatic N) is 3. The molecular weight excluding hydrogens is 226 g/mol. The second-order valence-corrected chi connectivity index (χ2v) is 4.82. The summed E-state index contributed by atoms with van der Waals surface area (Å²) in [6, 6.07) is 0. The fraction of sp³-hybridized carbons (Fsp3) is 0.636. The van der Waals surface area contributed by atoms with Gasteiger partial charge >= 0.3 is 0 Å². The Morgan fingerprint density at radius 2 is 2.00 bits per heavy atom. The van der Waals surface area contributed by atoms with Gasteiger partial charge in [0.1, 0.15) is 0 Å². The Hall–Kier alpha value is -0.870. The molecule has 1 aromatic heterocycles. The van der Waals surface area contributed by atoms with E-state index in [1.807, 2.05) is 11.9 Å². The first-order valence-corrected chi connectivity index (χ1v) is 5.89.